The summed E-state index contributed by atoms with van der Waals surface area (Å²) in [5.74, 6) is -0.126. The van der Waals surface area contributed by atoms with Crippen molar-refractivity contribution in [1.82, 2.24) is 5.32 Å². The molecule has 1 amide bonds. The second-order valence-electron chi connectivity index (χ2n) is 5.04. The van der Waals surface area contributed by atoms with Crippen LogP contribution in [0.25, 0.3) is 0 Å². The maximum atomic E-state index is 11.6. The van der Waals surface area contributed by atoms with Crippen LogP contribution in [0.5, 0.6) is 0 Å². The van der Waals surface area contributed by atoms with Crippen molar-refractivity contribution < 1.29 is 14.7 Å². The van der Waals surface area contributed by atoms with E-state index in [9.17, 15) is 9.59 Å². The molecule has 102 valence electrons. The fourth-order valence-electron chi connectivity index (χ4n) is 2.11. The Morgan fingerprint density at radius 3 is 2.68 bits per heavy atom. The first-order valence-electron chi connectivity index (χ1n) is 6.74. The number of carboxylic acid groups (broad SMARTS) is 1. The summed E-state index contributed by atoms with van der Waals surface area (Å²) < 4.78 is 0. The third kappa shape index (κ3) is 4.39. The number of benzene rings is 1. The van der Waals surface area contributed by atoms with E-state index in [4.69, 9.17) is 5.11 Å². The molecular weight excluding hydrogens is 242 g/mol. The highest BCUT2D eigenvalue weighted by Crippen LogP contribution is 2.31. The summed E-state index contributed by atoms with van der Waals surface area (Å²) in [6.07, 6.45) is 4.47. The van der Waals surface area contributed by atoms with Gasteiger partial charge in [-0.05, 0) is 30.4 Å². The molecule has 1 aromatic carbocycles. The van der Waals surface area contributed by atoms with Crippen LogP contribution in [0.1, 0.15) is 41.6 Å². The fraction of sp³-hybridized carbons (Fsp3) is 0.467. The van der Waals surface area contributed by atoms with Gasteiger partial charge in [0.1, 0.15) is 0 Å². The standard InChI is InChI=1S/C15H19NO3/c17-14(16-10-9-11-5-6-11)8-7-12-3-1-2-4-13(12)15(18)19/h1-4,11H,5-10H2,(H,16,17)(H,18,19). The van der Waals surface area contributed by atoms with Crippen molar-refractivity contribution in [2.45, 2.75) is 32.1 Å². The largest absolute Gasteiger partial charge is 0.478 e. The average molecular weight is 261 g/mol. The van der Waals surface area contributed by atoms with Gasteiger partial charge in [-0.1, -0.05) is 31.0 Å². The molecule has 0 aromatic heterocycles. The quantitative estimate of drug-likeness (QED) is 0.791. The third-order valence-electron chi connectivity index (χ3n) is 3.44. The zero-order chi connectivity index (χ0) is 13.7. The smallest absolute Gasteiger partial charge is 0.335 e. The maximum Gasteiger partial charge on any atom is 0.335 e. The number of hydrogen-bond donors (Lipinski definition) is 2. The summed E-state index contributed by atoms with van der Waals surface area (Å²) in [7, 11) is 0. The molecule has 0 unspecified atom stereocenters. The van der Waals surface area contributed by atoms with Gasteiger partial charge >= 0.3 is 5.97 Å². The molecule has 0 aliphatic heterocycles. The predicted molar refractivity (Wildman–Crippen MR) is 72.1 cm³/mol. The Balaban J connectivity index is 1.77. The number of aryl methyl sites for hydroxylation is 1. The van der Waals surface area contributed by atoms with E-state index in [0.29, 0.717) is 18.4 Å². The maximum absolute atomic E-state index is 11.6. The van der Waals surface area contributed by atoms with Crippen LogP contribution < -0.4 is 5.32 Å². The number of rotatable bonds is 7. The third-order valence-corrected chi connectivity index (χ3v) is 3.44. The summed E-state index contributed by atoms with van der Waals surface area (Å²) in [4.78, 5) is 22.7. The van der Waals surface area contributed by atoms with Crippen molar-refractivity contribution in [2.24, 2.45) is 5.92 Å². The monoisotopic (exact) mass is 261 g/mol. The van der Waals surface area contributed by atoms with Gasteiger partial charge in [-0.2, -0.15) is 0 Å². The van der Waals surface area contributed by atoms with E-state index in [-0.39, 0.29) is 11.5 Å². The number of carbonyl (C=O) groups excluding carboxylic acids is 1. The number of carbonyl (C=O) groups is 2. The van der Waals surface area contributed by atoms with Crippen LogP contribution >= 0.6 is 0 Å². The molecule has 0 heterocycles. The molecule has 1 saturated carbocycles. The molecule has 1 aliphatic rings. The van der Waals surface area contributed by atoms with Crippen LogP contribution in [0.4, 0.5) is 0 Å². The van der Waals surface area contributed by atoms with Crippen molar-refractivity contribution in [3.63, 3.8) is 0 Å². The lowest BCUT2D eigenvalue weighted by atomic mass is 10.0. The molecule has 0 bridgehead atoms. The van der Waals surface area contributed by atoms with Crippen LogP contribution in [0.15, 0.2) is 24.3 Å². The molecule has 0 spiro atoms. The van der Waals surface area contributed by atoms with Crippen LogP contribution in [-0.2, 0) is 11.2 Å². The van der Waals surface area contributed by atoms with Gasteiger partial charge in [0, 0.05) is 13.0 Å². The van der Waals surface area contributed by atoms with E-state index < -0.39 is 5.97 Å². The second kappa shape index (κ2) is 6.36. The van der Waals surface area contributed by atoms with E-state index >= 15 is 0 Å². The molecule has 19 heavy (non-hydrogen) atoms. The van der Waals surface area contributed by atoms with Gasteiger partial charge in [0.25, 0.3) is 0 Å². The Hall–Kier alpha value is -1.84. The van der Waals surface area contributed by atoms with Crippen molar-refractivity contribution in [1.29, 1.82) is 0 Å². The van der Waals surface area contributed by atoms with Gasteiger partial charge in [-0.25, -0.2) is 4.79 Å². The molecule has 0 atom stereocenters. The van der Waals surface area contributed by atoms with Crippen LogP contribution in [0.2, 0.25) is 0 Å². The van der Waals surface area contributed by atoms with Gasteiger partial charge in [0.05, 0.1) is 5.56 Å². The Morgan fingerprint density at radius 2 is 2.00 bits per heavy atom. The zero-order valence-electron chi connectivity index (χ0n) is 10.9. The van der Waals surface area contributed by atoms with E-state index in [2.05, 4.69) is 5.32 Å². The van der Waals surface area contributed by atoms with Crippen LogP contribution in [0, 0.1) is 5.92 Å². The van der Waals surface area contributed by atoms with Crippen molar-refractivity contribution in [2.75, 3.05) is 6.54 Å². The SMILES string of the molecule is O=C(CCc1ccccc1C(=O)O)NCCC1CC1. The van der Waals surface area contributed by atoms with E-state index in [1.54, 1.807) is 24.3 Å². The second-order valence-corrected chi connectivity index (χ2v) is 5.04. The molecular formula is C15H19NO3. The number of nitrogens with one attached hydrogen (secondary N) is 1. The molecule has 2 N–H and O–H groups in total. The molecule has 2 rings (SSSR count). The molecule has 1 aliphatic carbocycles. The number of aromatic carboxylic acids is 1. The highest BCUT2D eigenvalue weighted by atomic mass is 16.4. The number of hydrogen-bond acceptors (Lipinski definition) is 2. The van der Waals surface area contributed by atoms with Gasteiger partial charge in [0.2, 0.25) is 5.91 Å². The summed E-state index contributed by atoms with van der Waals surface area (Å²) in [5.41, 5.74) is 1.00. The minimum atomic E-state index is -0.940. The van der Waals surface area contributed by atoms with Gasteiger partial charge in [0.15, 0.2) is 0 Å². The van der Waals surface area contributed by atoms with E-state index in [1.165, 1.54) is 12.8 Å². The first-order chi connectivity index (χ1) is 9.16. The summed E-state index contributed by atoms with van der Waals surface area (Å²) in [6, 6.07) is 6.83. The Labute approximate surface area is 112 Å². The highest BCUT2D eigenvalue weighted by Gasteiger charge is 2.20. The van der Waals surface area contributed by atoms with Gasteiger partial charge in [-0.15, -0.1) is 0 Å². The van der Waals surface area contributed by atoms with E-state index in [1.807, 2.05) is 0 Å². The molecule has 0 saturated heterocycles. The van der Waals surface area contributed by atoms with Crippen molar-refractivity contribution >= 4 is 11.9 Å². The molecule has 1 aromatic rings. The normalized spacial score (nSPS) is 14.1. The first-order valence-corrected chi connectivity index (χ1v) is 6.74. The van der Waals surface area contributed by atoms with Crippen molar-refractivity contribution in [3.8, 4) is 0 Å². The highest BCUT2D eigenvalue weighted by molar-refractivity contribution is 5.89. The number of carboxylic acids is 1. The Bertz CT molecular complexity index is 466. The molecule has 0 radical (unpaired) electrons. The van der Waals surface area contributed by atoms with Crippen molar-refractivity contribution in [3.05, 3.63) is 35.4 Å². The van der Waals surface area contributed by atoms with Gasteiger partial charge < -0.3 is 10.4 Å². The first kappa shape index (κ1) is 13.6. The lowest BCUT2D eigenvalue weighted by Crippen LogP contribution is -2.25. The van der Waals surface area contributed by atoms with Crippen LogP contribution in [0.3, 0.4) is 0 Å². The molecule has 4 nitrogen and oxygen atoms in total. The summed E-state index contributed by atoms with van der Waals surface area (Å²) in [5, 5.41) is 11.9. The average Bonchev–Trinajstić information content (AvgIpc) is 3.20. The zero-order valence-corrected chi connectivity index (χ0v) is 10.9. The number of amides is 1. The fourth-order valence-corrected chi connectivity index (χ4v) is 2.11. The summed E-state index contributed by atoms with van der Waals surface area (Å²) >= 11 is 0. The molecule has 1 fully saturated rings. The minimum Gasteiger partial charge on any atom is -0.478 e. The lowest BCUT2D eigenvalue weighted by Gasteiger charge is -2.07. The topological polar surface area (TPSA) is 66.4 Å². The van der Waals surface area contributed by atoms with Crippen LogP contribution in [-0.4, -0.2) is 23.5 Å². The summed E-state index contributed by atoms with van der Waals surface area (Å²) in [6.45, 7) is 0.740. The Kier molecular flexibility index (Phi) is 4.55. The van der Waals surface area contributed by atoms with E-state index in [0.717, 1.165) is 18.9 Å². The Morgan fingerprint density at radius 1 is 1.26 bits per heavy atom. The lowest BCUT2D eigenvalue weighted by molar-refractivity contribution is -0.121. The molecule has 4 heteroatoms. The van der Waals surface area contributed by atoms with Gasteiger partial charge in [-0.3, -0.25) is 4.79 Å². The predicted octanol–water partition coefficient (Wildman–Crippen LogP) is 2.23. The minimum absolute atomic E-state index is 0.000779.